The van der Waals surface area contributed by atoms with E-state index in [9.17, 15) is 5.11 Å². The molecule has 1 aromatic carbocycles. The first-order valence-corrected chi connectivity index (χ1v) is 4.53. The van der Waals surface area contributed by atoms with Crippen LogP contribution in [0.4, 0.5) is 0 Å². The SMILES string of the molecule is CC(Cl)(Cl)C(O)Oc1ccccc1. The van der Waals surface area contributed by atoms with E-state index < -0.39 is 10.6 Å². The van der Waals surface area contributed by atoms with Gasteiger partial charge in [-0.15, -0.1) is 0 Å². The third-order valence-corrected chi connectivity index (χ3v) is 1.80. The monoisotopic (exact) mass is 220 g/mol. The molecular weight excluding hydrogens is 211 g/mol. The lowest BCUT2D eigenvalue weighted by molar-refractivity contribution is -0.0257. The van der Waals surface area contributed by atoms with Crippen molar-refractivity contribution in [2.24, 2.45) is 0 Å². The molecule has 0 fully saturated rings. The minimum Gasteiger partial charge on any atom is -0.462 e. The Hall–Kier alpha value is -0.440. The second kappa shape index (κ2) is 4.18. The molecule has 1 atom stereocenters. The average Bonchev–Trinajstić information content (AvgIpc) is 2.04. The fourth-order valence-corrected chi connectivity index (χ4v) is 0.821. The van der Waals surface area contributed by atoms with Gasteiger partial charge in [0.2, 0.25) is 6.29 Å². The highest BCUT2D eigenvalue weighted by atomic mass is 35.5. The third kappa shape index (κ3) is 3.43. The molecule has 4 heteroatoms. The van der Waals surface area contributed by atoms with Crippen LogP contribution < -0.4 is 4.74 Å². The first kappa shape index (κ1) is 10.6. The van der Waals surface area contributed by atoms with E-state index in [1.807, 2.05) is 6.07 Å². The summed E-state index contributed by atoms with van der Waals surface area (Å²) in [5, 5.41) is 9.35. The number of hydrogen-bond donors (Lipinski definition) is 1. The first-order chi connectivity index (χ1) is 6.00. The molecule has 0 aliphatic carbocycles. The summed E-state index contributed by atoms with van der Waals surface area (Å²) in [5.74, 6) is 0.530. The third-order valence-electron chi connectivity index (χ3n) is 1.42. The van der Waals surface area contributed by atoms with Gasteiger partial charge in [-0.2, -0.15) is 0 Å². The normalized spacial score (nSPS) is 13.8. The summed E-state index contributed by atoms with van der Waals surface area (Å²) in [6.45, 7) is 1.46. The molecule has 0 saturated carbocycles. The molecule has 0 aliphatic heterocycles. The minimum atomic E-state index is -1.31. The van der Waals surface area contributed by atoms with Crippen molar-refractivity contribution in [3.63, 3.8) is 0 Å². The molecule has 1 rings (SSSR count). The van der Waals surface area contributed by atoms with Gasteiger partial charge in [0.15, 0.2) is 4.33 Å². The van der Waals surface area contributed by atoms with Crippen LogP contribution in [-0.4, -0.2) is 15.7 Å². The lowest BCUT2D eigenvalue weighted by Crippen LogP contribution is -2.33. The number of hydrogen-bond acceptors (Lipinski definition) is 2. The van der Waals surface area contributed by atoms with Crippen LogP contribution in [0.1, 0.15) is 6.92 Å². The molecule has 13 heavy (non-hydrogen) atoms. The number of para-hydroxylation sites is 1. The van der Waals surface area contributed by atoms with Gasteiger partial charge in [0.05, 0.1) is 0 Å². The highest BCUT2D eigenvalue weighted by molar-refractivity contribution is 6.48. The maximum Gasteiger partial charge on any atom is 0.230 e. The second-order valence-corrected chi connectivity index (χ2v) is 4.50. The zero-order valence-corrected chi connectivity index (χ0v) is 8.59. The highest BCUT2D eigenvalue weighted by Crippen LogP contribution is 2.26. The van der Waals surface area contributed by atoms with E-state index in [1.54, 1.807) is 24.3 Å². The van der Waals surface area contributed by atoms with Crippen molar-refractivity contribution in [3.8, 4) is 5.75 Å². The van der Waals surface area contributed by atoms with E-state index in [-0.39, 0.29) is 0 Å². The fraction of sp³-hybridized carbons (Fsp3) is 0.333. The van der Waals surface area contributed by atoms with Gasteiger partial charge in [0.1, 0.15) is 5.75 Å². The minimum absolute atomic E-state index is 0.530. The quantitative estimate of drug-likeness (QED) is 0.627. The molecule has 72 valence electrons. The Bertz CT molecular complexity index is 256. The average molecular weight is 221 g/mol. The van der Waals surface area contributed by atoms with E-state index in [4.69, 9.17) is 27.9 Å². The van der Waals surface area contributed by atoms with Gasteiger partial charge in [-0.1, -0.05) is 41.4 Å². The molecule has 0 aromatic heterocycles. The summed E-state index contributed by atoms with van der Waals surface area (Å²) in [6.07, 6.45) is -1.24. The molecule has 0 saturated heterocycles. The molecule has 0 bridgehead atoms. The fourth-order valence-electron chi connectivity index (χ4n) is 0.731. The lowest BCUT2D eigenvalue weighted by atomic mass is 10.3. The van der Waals surface area contributed by atoms with Gasteiger partial charge in [-0.3, -0.25) is 0 Å². The number of aliphatic hydroxyl groups is 1. The summed E-state index contributed by atoms with van der Waals surface area (Å²) in [4.78, 5) is 0. The van der Waals surface area contributed by atoms with E-state index >= 15 is 0 Å². The highest BCUT2D eigenvalue weighted by Gasteiger charge is 2.29. The van der Waals surface area contributed by atoms with Crippen LogP contribution in [0.3, 0.4) is 0 Å². The van der Waals surface area contributed by atoms with Gasteiger partial charge < -0.3 is 9.84 Å². The molecule has 1 unspecified atom stereocenters. The van der Waals surface area contributed by atoms with Gasteiger partial charge in [-0.25, -0.2) is 0 Å². The van der Waals surface area contributed by atoms with Crippen LogP contribution in [-0.2, 0) is 0 Å². The predicted molar refractivity (Wildman–Crippen MR) is 53.2 cm³/mol. The molecule has 0 radical (unpaired) electrons. The Morgan fingerprint density at radius 1 is 1.31 bits per heavy atom. The van der Waals surface area contributed by atoms with Crippen molar-refractivity contribution >= 4 is 23.2 Å². The van der Waals surface area contributed by atoms with Crippen LogP contribution in [0, 0.1) is 0 Å². The standard InChI is InChI=1S/C9H10Cl2O2/c1-9(10,11)8(12)13-7-5-3-2-4-6-7/h2-6,8,12H,1H3. The summed E-state index contributed by atoms with van der Waals surface area (Å²) in [5.41, 5.74) is 0. The molecule has 0 amide bonds. The van der Waals surface area contributed by atoms with Crippen LogP contribution in [0.5, 0.6) is 5.75 Å². The largest absolute Gasteiger partial charge is 0.462 e. The number of alkyl halides is 2. The molecule has 2 nitrogen and oxygen atoms in total. The van der Waals surface area contributed by atoms with Crippen molar-refractivity contribution in [1.29, 1.82) is 0 Å². The second-order valence-electron chi connectivity index (χ2n) is 2.74. The number of rotatable bonds is 3. The van der Waals surface area contributed by atoms with Crippen molar-refractivity contribution in [2.45, 2.75) is 17.5 Å². The van der Waals surface area contributed by atoms with E-state index in [0.29, 0.717) is 5.75 Å². The topological polar surface area (TPSA) is 29.5 Å². The smallest absolute Gasteiger partial charge is 0.230 e. The Balaban J connectivity index is 2.61. The first-order valence-electron chi connectivity index (χ1n) is 3.78. The molecule has 0 spiro atoms. The zero-order valence-electron chi connectivity index (χ0n) is 7.08. The molecular formula is C9H10Cl2O2. The van der Waals surface area contributed by atoms with E-state index in [2.05, 4.69) is 0 Å². The Morgan fingerprint density at radius 3 is 2.31 bits per heavy atom. The number of aliphatic hydroxyl groups excluding tert-OH is 1. The predicted octanol–water partition coefficient (Wildman–Crippen LogP) is 2.58. The van der Waals surface area contributed by atoms with Crippen molar-refractivity contribution in [3.05, 3.63) is 30.3 Å². The summed E-state index contributed by atoms with van der Waals surface area (Å²) in [6, 6.07) is 8.86. The van der Waals surface area contributed by atoms with Crippen LogP contribution >= 0.6 is 23.2 Å². The Morgan fingerprint density at radius 2 is 1.85 bits per heavy atom. The molecule has 0 aliphatic rings. The zero-order chi connectivity index (χ0) is 9.90. The maximum absolute atomic E-state index is 9.35. The van der Waals surface area contributed by atoms with Crippen LogP contribution in [0.15, 0.2) is 30.3 Å². The van der Waals surface area contributed by atoms with Crippen molar-refractivity contribution in [1.82, 2.24) is 0 Å². The van der Waals surface area contributed by atoms with Gasteiger partial charge in [-0.05, 0) is 19.1 Å². The van der Waals surface area contributed by atoms with Gasteiger partial charge in [0.25, 0.3) is 0 Å². The van der Waals surface area contributed by atoms with E-state index in [0.717, 1.165) is 0 Å². The number of ether oxygens (including phenoxy) is 1. The van der Waals surface area contributed by atoms with Crippen LogP contribution in [0.25, 0.3) is 0 Å². The van der Waals surface area contributed by atoms with Crippen molar-refractivity contribution in [2.75, 3.05) is 0 Å². The molecule has 1 N–H and O–H groups in total. The summed E-state index contributed by atoms with van der Waals surface area (Å²) < 4.78 is 3.76. The van der Waals surface area contributed by atoms with Gasteiger partial charge in [0, 0.05) is 0 Å². The van der Waals surface area contributed by atoms with Gasteiger partial charge >= 0.3 is 0 Å². The number of benzene rings is 1. The lowest BCUT2D eigenvalue weighted by Gasteiger charge is -2.21. The summed E-state index contributed by atoms with van der Waals surface area (Å²) >= 11 is 11.2. The maximum atomic E-state index is 9.35. The van der Waals surface area contributed by atoms with Crippen LogP contribution in [0.2, 0.25) is 0 Å². The Labute approximate surface area is 87.0 Å². The van der Waals surface area contributed by atoms with Crippen molar-refractivity contribution < 1.29 is 9.84 Å². The number of halogens is 2. The summed E-state index contributed by atoms with van der Waals surface area (Å²) in [7, 11) is 0. The van der Waals surface area contributed by atoms with E-state index in [1.165, 1.54) is 6.92 Å². The molecule has 0 heterocycles. The Kier molecular flexibility index (Phi) is 3.42. The molecule has 1 aromatic rings.